The summed E-state index contributed by atoms with van der Waals surface area (Å²) in [4.78, 5) is 29.2. The number of carbonyl (C=O) groups excluding carboxylic acids is 2. The molecule has 0 aromatic heterocycles. The molecule has 0 saturated carbocycles. The quantitative estimate of drug-likeness (QED) is 0.485. The van der Waals surface area contributed by atoms with E-state index < -0.39 is 6.29 Å². The molecule has 8 nitrogen and oxygen atoms in total. The topological polar surface area (TPSA) is 99.5 Å². The number of nitrogens with zero attached hydrogens (tertiary/aromatic N) is 2. The van der Waals surface area contributed by atoms with Gasteiger partial charge in [-0.05, 0) is 41.8 Å². The van der Waals surface area contributed by atoms with E-state index in [1.807, 2.05) is 36.4 Å². The highest BCUT2D eigenvalue weighted by Gasteiger charge is 2.37. The summed E-state index contributed by atoms with van der Waals surface area (Å²) < 4.78 is 12.8. The standard InChI is InChI=1S/C30H30N2O6/c33-18-19-5-7-20(8-6-19)27-15-24(17-31-14-13-23(34)16-31)37-30(38-27)21-9-11-22(12-10-21)32-28(35)25-3-1-2-4-26(25)29(32)36/h1-12,23-24,27,30,33-34H,13-18H2/t23-,24+,27-,30-/m0/s1. The zero-order valence-electron chi connectivity index (χ0n) is 20.9. The van der Waals surface area contributed by atoms with Crippen molar-refractivity contribution in [3.05, 3.63) is 101 Å². The fourth-order valence-corrected chi connectivity index (χ4v) is 5.50. The van der Waals surface area contributed by atoms with Gasteiger partial charge in [-0.25, -0.2) is 4.90 Å². The third-order valence-corrected chi connectivity index (χ3v) is 7.54. The second kappa shape index (κ2) is 10.4. The van der Waals surface area contributed by atoms with Gasteiger partial charge in [0.15, 0.2) is 6.29 Å². The molecule has 0 unspecified atom stereocenters. The number of likely N-dealkylation sites (tertiary alicyclic amines) is 1. The van der Waals surface area contributed by atoms with Crippen molar-refractivity contribution in [3.8, 4) is 0 Å². The second-order valence-electron chi connectivity index (χ2n) is 10.1. The lowest BCUT2D eigenvalue weighted by Gasteiger charge is -2.38. The summed E-state index contributed by atoms with van der Waals surface area (Å²) in [6.45, 7) is 2.14. The molecule has 38 heavy (non-hydrogen) atoms. The van der Waals surface area contributed by atoms with Gasteiger partial charge in [0.1, 0.15) is 0 Å². The molecule has 3 aromatic rings. The number of amides is 2. The van der Waals surface area contributed by atoms with E-state index in [9.17, 15) is 19.8 Å². The van der Waals surface area contributed by atoms with Crippen molar-refractivity contribution in [1.82, 2.24) is 4.90 Å². The molecule has 0 spiro atoms. The van der Waals surface area contributed by atoms with E-state index in [0.717, 1.165) is 29.7 Å². The largest absolute Gasteiger partial charge is 0.392 e. The zero-order valence-corrected chi connectivity index (χ0v) is 20.9. The monoisotopic (exact) mass is 514 g/mol. The van der Waals surface area contributed by atoms with Crippen LogP contribution in [0, 0.1) is 0 Å². The highest BCUT2D eigenvalue weighted by Crippen LogP contribution is 2.39. The molecule has 0 radical (unpaired) electrons. The van der Waals surface area contributed by atoms with Gasteiger partial charge >= 0.3 is 0 Å². The third-order valence-electron chi connectivity index (χ3n) is 7.54. The molecule has 3 aliphatic rings. The number of aliphatic hydroxyl groups excluding tert-OH is 2. The first-order chi connectivity index (χ1) is 18.5. The van der Waals surface area contributed by atoms with Crippen LogP contribution in [0.25, 0.3) is 0 Å². The fraction of sp³-hybridized carbons (Fsp3) is 0.333. The van der Waals surface area contributed by atoms with Crippen LogP contribution in [0.5, 0.6) is 0 Å². The SMILES string of the molecule is O=C1c2ccccc2C(=O)N1c1ccc([C@H]2O[C@@H](CN3CC[C@H](O)C3)C[C@@H](c3ccc(CO)cc3)O2)cc1. The Labute approximate surface area is 221 Å². The summed E-state index contributed by atoms with van der Waals surface area (Å²) in [6, 6.07) is 21.7. The van der Waals surface area contributed by atoms with Gasteiger partial charge in [-0.3, -0.25) is 14.5 Å². The first kappa shape index (κ1) is 24.9. The van der Waals surface area contributed by atoms with Gasteiger partial charge in [-0.15, -0.1) is 0 Å². The number of carbonyl (C=O) groups is 2. The van der Waals surface area contributed by atoms with Crippen LogP contribution in [-0.4, -0.2) is 58.8 Å². The van der Waals surface area contributed by atoms with E-state index in [0.29, 0.717) is 36.3 Å². The normalized spacial score (nSPS) is 25.7. The molecule has 0 aliphatic carbocycles. The van der Waals surface area contributed by atoms with Crippen molar-refractivity contribution in [3.63, 3.8) is 0 Å². The number of benzene rings is 3. The van der Waals surface area contributed by atoms with E-state index in [-0.39, 0.29) is 36.7 Å². The minimum absolute atomic E-state index is 0.0170. The molecule has 2 fully saturated rings. The van der Waals surface area contributed by atoms with Gasteiger partial charge in [-0.1, -0.05) is 48.5 Å². The Hall–Kier alpha value is -3.40. The van der Waals surface area contributed by atoms with E-state index in [2.05, 4.69) is 4.90 Å². The summed E-state index contributed by atoms with van der Waals surface area (Å²) in [5, 5.41) is 19.4. The van der Waals surface area contributed by atoms with Crippen LogP contribution in [0.15, 0.2) is 72.8 Å². The van der Waals surface area contributed by atoms with Crippen LogP contribution in [0.2, 0.25) is 0 Å². The van der Waals surface area contributed by atoms with Gasteiger partial charge < -0.3 is 19.7 Å². The Kier molecular flexibility index (Phi) is 6.82. The summed E-state index contributed by atoms with van der Waals surface area (Å²) in [6.07, 6.45) is 0.154. The van der Waals surface area contributed by atoms with Crippen molar-refractivity contribution in [1.29, 1.82) is 0 Å². The average molecular weight is 515 g/mol. The summed E-state index contributed by atoms with van der Waals surface area (Å²) in [7, 11) is 0. The molecule has 2 amide bonds. The van der Waals surface area contributed by atoms with Gasteiger partial charge in [0.2, 0.25) is 0 Å². The first-order valence-corrected chi connectivity index (χ1v) is 13.0. The summed E-state index contributed by atoms with van der Waals surface area (Å²) in [5.41, 5.74) is 3.94. The number of anilines is 1. The Morgan fingerprint density at radius 1 is 0.842 bits per heavy atom. The molecule has 3 aliphatic heterocycles. The highest BCUT2D eigenvalue weighted by molar-refractivity contribution is 6.34. The molecule has 8 heteroatoms. The summed E-state index contributed by atoms with van der Waals surface area (Å²) in [5.74, 6) is -0.662. The van der Waals surface area contributed by atoms with Crippen LogP contribution < -0.4 is 4.90 Å². The lowest BCUT2D eigenvalue weighted by molar-refractivity contribution is -0.252. The maximum atomic E-state index is 12.9. The number of ether oxygens (including phenoxy) is 2. The Bertz CT molecular complexity index is 1290. The van der Waals surface area contributed by atoms with Gasteiger partial charge in [0, 0.05) is 31.6 Å². The van der Waals surface area contributed by atoms with Crippen LogP contribution in [0.4, 0.5) is 5.69 Å². The maximum absolute atomic E-state index is 12.9. The highest BCUT2D eigenvalue weighted by atomic mass is 16.7. The molecule has 3 aromatic carbocycles. The molecule has 0 bridgehead atoms. The number of rotatable bonds is 6. The molecule has 2 saturated heterocycles. The molecule has 4 atom stereocenters. The van der Waals surface area contributed by atoms with Gasteiger partial charge in [0.25, 0.3) is 11.8 Å². The Morgan fingerprint density at radius 3 is 2.11 bits per heavy atom. The van der Waals surface area contributed by atoms with Crippen LogP contribution in [0.3, 0.4) is 0 Å². The Balaban J connectivity index is 1.23. The molecule has 2 N–H and O–H groups in total. The molecule has 3 heterocycles. The van der Waals surface area contributed by atoms with Crippen molar-refractivity contribution in [2.45, 2.75) is 44.1 Å². The lowest BCUT2D eigenvalue weighted by atomic mass is 9.99. The predicted molar refractivity (Wildman–Crippen MR) is 140 cm³/mol. The number of hydrogen-bond donors (Lipinski definition) is 2. The van der Waals surface area contributed by atoms with Crippen molar-refractivity contribution >= 4 is 17.5 Å². The van der Waals surface area contributed by atoms with Crippen molar-refractivity contribution in [2.75, 3.05) is 24.5 Å². The Morgan fingerprint density at radius 2 is 1.50 bits per heavy atom. The maximum Gasteiger partial charge on any atom is 0.266 e. The van der Waals surface area contributed by atoms with E-state index in [1.165, 1.54) is 4.90 Å². The zero-order chi connectivity index (χ0) is 26.2. The van der Waals surface area contributed by atoms with Crippen LogP contribution >= 0.6 is 0 Å². The van der Waals surface area contributed by atoms with Crippen LogP contribution in [0.1, 0.15) is 62.6 Å². The van der Waals surface area contributed by atoms with E-state index >= 15 is 0 Å². The minimum Gasteiger partial charge on any atom is -0.392 e. The molecule has 6 rings (SSSR count). The molecule has 196 valence electrons. The minimum atomic E-state index is -0.639. The number of imide groups is 1. The third kappa shape index (κ3) is 4.77. The second-order valence-corrected chi connectivity index (χ2v) is 10.1. The molecular formula is C30H30N2O6. The van der Waals surface area contributed by atoms with Crippen molar-refractivity contribution < 1.29 is 29.3 Å². The summed E-state index contributed by atoms with van der Waals surface area (Å²) >= 11 is 0. The lowest BCUT2D eigenvalue weighted by Crippen LogP contribution is -2.38. The molecular weight excluding hydrogens is 484 g/mol. The number of hydrogen-bond acceptors (Lipinski definition) is 7. The average Bonchev–Trinajstić information content (AvgIpc) is 3.48. The first-order valence-electron chi connectivity index (χ1n) is 13.0. The van der Waals surface area contributed by atoms with E-state index in [4.69, 9.17) is 9.47 Å². The van der Waals surface area contributed by atoms with Crippen molar-refractivity contribution in [2.24, 2.45) is 0 Å². The fourth-order valence-electron chi connectivity index (χ4n) is 5.50. The van der Waals surface area contributed by atoms with E-state index in [1.54, 1.807) is 36.4 Å². The predicted octanol–water partition coefficient (Wildman–Crippen LogP) is 3.59. The smallest absolute Gasteiger partial charge is 0.266 e. The number of aliphatic hydroxyl groups is 2. The number of β-amino-alcohol motifs (C(OH)–C–C–N with tert-alkyl or cyclic N) is 1. The number of fused-ring (bicyclic) bond motifs is 1. The van der Waals surface area contributed by atoms with Gasteiger partial charge in [-0.2, -0.15) is 0 Å². The van der Waals surface area contributed by atoms with Crippen LogP contribution in [-0.2, 0) is 16.1 Å². The van der Waals surface area contributed by atoms with Gasteiger partial charge in [0.05, 0.1) is 41.7 Å².